The number of hydrogen-bond acceptors (Lipinski definition) is 3. The molecule has 0 amide bonds. The molecule has 2 rings (SSSR count). The van der Waals surface area contributed by atoms with Crippen molar-refractivity contribution < 1.29 is 13.5 Å². The molecule has 0 N–H and O–H groups in total. The zero-order valence-electron chi connectivity index (χ0n) is 15.1. The Kier molecular flexibility index (Phi) is 7.06. The quantitative estimate of drug-likeness (QED) is 0.559. The van der Waals surface area contributed by atoms with E-state index in [1.54, 1.807) is 6.92 Å². The molecule has 0 spiro atoms. The molecule has 2 aromatic rings. The minimum absolute atomic E-state index is 0.373. The van der Waals surface area contributed by atoms with Gasteiger partial charge in [-0.3, -0.25) is 0 Å². The first-order valence-corrected chi connectivity index (χ1v) is 9.44. The number of aromatic nitrogens is 1. The molecule has 0 bridgehead atoms. The Morgan fingerprint density at radius 3 is 2.46 bits per heavy atom. The fourth-order valence-electron chi connectivity index (χ4n) is 2.38. The Hall–Kier alpha value is -1.60. The molecular weight excluding hydrogens is 422 g/mol. The molecule has 0 saturated carbocycles. The van der Waals surface area contributed by atoms with Crippen molar-refractivity contribution in [2.45, 2.75) is 33.3 Å². The molecule has 1 heterocycles. The molecule has 0 radical (unpaired) electrons. The average Bonchev–Trinajstić information content (AvgIpc) is 2.57. The number of aryl methyl sites for hydroxylation is 1. The standard InChI is InChI=1S/C19H21BrF2N2OS/c1-5-24(4)18(26)9-13-8-17(20)19(23-11(13)2)25-12(3)14-6-15(21)10-16(22)7-14/h6-8,10,12H,5,9H2,1-4H3. The number of rotatable bonds is 6. The van der Waals surface area contributed by atoms with Gasteiger partial charge in [0, 0.05) is 31.8 Å². The maximum absolute atomic E-state index is 13.4. The predicted octanol–water partition coefficient (Wildman–Crippen LogP) is 5.39. The Labute approximate surface area is 166 Å². The number of thiocarbonyl (C=S) groups is 1. The van der Waals surface area contributed by atoms with Crippen molar-refractivity contribution in [1.29, 1.82) is 0 Å². The van der Waals surface area contributed by atoms with Crippen molar-refractivity contribution in [3.63, 3.8) is 0 Å². The van der Waals surface area contributed by atoms with Crippen LogP contribution in [-0.2, 0) is 6.42 Å². The second-order valence-corrected chi connectivity index (χ2v) is 7.39. The smallest absolute Gasteiger partial charge is 0.228 e. The first-order valence-electron chi connectivity index (χ1n) is 8.23. The minimum Gasteiger partial charge on any atom is -0.469 e. The number of halogens is 3. The third kappa shape index (κ3) is 5.20. The number of hydrogen-bond donors (Lipinski definition) is 0. The van der Waals surface area contributed by atoms with Crippen molar-refractivity contribution in [2.24, 2.45) is 0 Å². The van der Waals surface area contributed by atoms with Crippen LogP contribution in [0.15, 0.2) is 28.7 Å². The number of pyridine rings is 1. The molecule has 26 heavy (non-hydrogen) atoms. The van der Waals surface area contributed by atoms with Gasteiger partial charge in [0.05, 0.1) is 9.46 Å². The molecule has 1 unspecified atom stereocenters. The topological polar surface area (TPSA) is 25.4 Å². The van der Waals surface area contributed by atoms with Gasteiger partial charge in [-0.05, 0) is 66.0 Å². The van der Waals surface area contributed by atoms with E-state index in [0.717, 1.165) is 28.9 Å². The van der Waals surface area contributed by atoms with Gasteiger partial charge in [-0.1, -0.05) is 12.2 Å². The van der Waals surface area contributed by atoms with Crippen LogP contribution in [0, 0.1) is 18.6 Å². The highest BCUT2D eigenvalue weighted by Gasteiger charge is 2.16. The van der Waals surface area contributed by atoms with Crippen LogP contribution in [0.1, 0.15) is 36.8 Å². The monoisotopic (exact) mass is 442 g/mol. The fraction of sp³-hybridized carbons (Fsp3) is 0.368. The van der Waals surface area contributed by atoms with Crippen molar-refractivity contribution in [3.05, 3.63) is 57.2 Å². The molecule has 0 aliphatic rings. The highest BCUT2D eigenvalue weighted by atomic mass is 79.9. The maximum atomic E-state index is 13.4. The lowest BCUT2D eigenvalue weighted by Crippen LogP contribution is -2.26. The van der Waals surface area contributed by atoms with Gasteiger partial charge in [-0.2, -0.15) is 0 Å². The number of likely N-dealkylation sites (N-methyl/N-ethyl adjacent to an activating group) is 1. The molecule has 0 saturated heterocycles. The molecule has 140 valence electrons. The van der Waals surface area contributed by atoms with E-state index in [0.29, 0.717) is 22.3 Å². The van der Waals surface area contributed by atoms with E-state index in [-0.39, 0.29) is 0 Å². The summed E-state index contributed by atoms with van der Waals surface area (Å²) in [6, 6.07) is 5.26. The zero-order valence-corrected chi connectivity index (χ0v) is 17.5. The number of nitrogens with zero attached hydrogens (tertiary/aromatic N) is 2. The Morgan fingerprint density at radius 2 is 1.88 bits per heavy atom. The molecule has 1 aromatic heterocycles. The van der Waals surface area contributed by atoms with Crippen LogP contribution >= 0.6 is 28.1 Å². The first-order chi connectivity index (χ1) is 12.2. The molecule has 0 aliphatic heterocycles. The number of benzene rings is 1. The summed E-state index contributed by atoms with van der Waals surface area (Å²) < 4.78 is 33.3. The largest absolute Gasteiger partial charge is 0.469 e. The third-order valence-electron chi connectivity index (χ3n) is 4.12. The lowest BCUT2D eigenvalue weighted by atomic mass is 10.1. The van der Waals surface area contributed by atoms with Gasteiger partial charge in [-0.25, -0.2) is 13.8 Å². The van der Waals surface area contributed by atoms with Gasteiger partial charge in [0.2, 0.25) is 5.88 Å². The summed E-state index contributed by atoms with van der Waals surface area (Å²) in [7, 11) is 1.96. The van der Waals surface area contributed by atoms with Gasteiger partial charge in [0.15, 0.2) is 0 Å². The summed E-state index contributed by atoms with van der Waals surface area (Å²) >= 11 is 8.90. The van der Waals surface area contributed by atoms with Crippen LogP contribution in [0.5, 0.6) is 5.88 Å². The molecule has 1 atom stereocenters. The second kappa shape index (κ2) is 8.86. The number of ether oxygens (including phenoxy) is 1. The minimum atomic E-state index is -0.637. The van der Waals surface area contributed by atoms with Gasteiger partial charge >= 0.3 is 0 Å². The summed E-state index contributed by atoms with van der Waals surface area (Å²) in [5.74, 6) is -0.900. The van der Waals surface area contributed by atoms with Gasteiger partial charge in [-0.15, -0.1) is 0 Å². The van der Waals surface area contributed by atoms with E-state index in [4.69, 9.17) is 17.0 Å². The summed E-state index contributed by atoms with van der Waals surface area (Å²) in [6.45, 7) is 6.49. The molecular formula is C19H21BrF2N2OS. The van der Waals surface area contributed by atoms with Gasteiger partial charge in [0.25, 0.3) is 0 Å². The van der Waals surface area contributed by atoms with Crippen LogP contribution in [-0.4, -0.2) is 28.5 Å². The van der Waals surface area contributed by atoms with Crippen LogP contribution in [0.3, 0.4) is 0 Å². The Morgan fingerprint density at radius 1 is 1.27 bits per heavy atom. The Bertz CT molecular complexity index is 796. The van der Waals surface area contributed by atoms with Crippen molar-refractivity contribution >= 4 is 33.1 Å². The predicted molar refractivity (Wildman–Crippen MR) is 107 cm³/mol. The fourth-order valence-corrected chi connectivity index (χ4v) is 3.12. The lowest BCUT2D eigenvalue weighted by molar-refractivity contribution is 0.214. The summed E-state index contributed by atoms with van der Waals surface area (Å²) in [5, 5.41) is 0. The highest BCUT2D eigenvalue weighted by molar-refractivity contribution is 9.10. The van der Waals surface area contributed by atoms with E-state index in [2.05, 4.69) is 20.9 Å². The molecule has 0 aliphatic carbocycles. The van der Waals surface area contributed by atoms with Crippen LogP contribution in [0.2, 0.25) is 0 Å². The normalized spacial score (nSPS) is 12.0. The van der Waals surface area contributed by atoms with E-state index in [9.17, 15) is 8.78 Å². The van der Waals surface area contributed by atoms with Crippen LogP contribution < -0.4 is 4.74 Å². The third-order valence-corrected chi connectivity index (χ3v) is 5.15. The summed E-state index contributed by atoms with van der Waals surface area (Å²) in [5.41, 5.74) is 2.20. The molecule has 1 aromatic carbocycles. The van der Waals surface area contributed by atoms with Crippen molar-refractivity contribution in [2.75, 3.05) is 13.6 Å². The van der Waals surface area contributed by atoms with Crippen LogP contribution in [0.4, 0.5) is 8.78 Å². The summed E-state index contributed by atoms with van der Waals surface area (Å²) in [6.07, 6.45) is 0.0590. The summed E-state index contributed by atoms with van der Waals surface area (Å²) in [4.78, 5) is 7.33. The van der Waals surface area contributed by atoms with E-state index in [1.807, 2.05) is 31.9 Å². The molecule has 0 fully saturated rings. The van der Waals surface area contributed by atoms with Gasteiger partial charge in [0.1, 0.15) is 17.7 Å². The lowest BCUT2D eigenvalue weighted by Gasteiger charge is -2.20. The first kappa shape index (κ1) is 20.7. The Balaban J connectivity index is 2.20. The van der Waals surface area contributed by atoms with E-state index < -0.39 is 17.7 Å². The average molecular weight is 443 g/mol. The zero-order chi connectivity index (χ0) is 19.4. The SMILES string of the molecule is CCN(C)C(=S)Cc1cc(Br)c(OC(C)c2cc(F)cc(F)c2)nc1C. The molecule has 3 nitrogen and oxygen atoms in total. The van der Waals surface area contributed by atoms with Crippen LogP contribution in [0.25, 0.3) is 0 Å². The van der Waals surface area contributed by atoms with Crippen molar-refractivity contribution in [1.82, 2.24) is 9.88 Å². The maximum Gasteiger partial charge on any atom is 0.228 e. The molecule has 7 heteroatoms. The van der Waals surface area contributed by atoms with E-state index in [1.165, 1.54) is 12.1 Å². The van der Waals surface area contributed by atoms with Crippen molar-refractivity contribution in [3.8, 4) is 5.88 Å². The highest BCUT2D eigenvalue weighted by Crippen LogP contribution is 2.30. The second-order valence-electron chi connectivity index (χ2n) is 6.07. The van der Waals surface area contributed by atoms with Gasteiger partial charge < -0.3 is 9.64 Å². The van der Waals surface area contributed by atoms with E-state index >= 15 is 0 Å².